The molecule has 1 aromatic heterocycles. The van der Waals surface area contributed by atoms with Crippen molar-refractivity contribution < 1.29 is 4.74 Å². The summed E-state index contributed by atoms with van der Waals surface area (Å²) in [4.78, 5) is 3.18. The van der Waals surface area contributed by atoms with E-state index in [0.29, 0.717) is 12.0 Å². The number of rotatable bonds is 8. The Morgan fingerprint density at radius 1 is 1.42 bits per heavy atom. The highest BCUT2D eigenvalue weighted by Crippen LogP contribution is 2.36. The number of aryl methyl sites for hydroxylation is 2. The molecule has 1 aromatic rings. The zero-order chi connectivity index (χ0) is 13.7. The molecule has 1 aliphatic rings. The third kappa shape index (κ3) is 3.80. The van der Waals surface area contributed by atoms with Gasteiger partial charge >= 0.3 is 0 Å². The lowest BCUT2D eigenvalue weighted by molar-refractivity contribution is 0.170. The number of thiophene rings is 1. The number of ether oxygens (including phenoxy) is 1. The van der Waals surface area contributed by atoms with E-state index in [4.69, 9.17) is 4.74 Å². The first-order valence-corrected chi connectivity index (χ1v) is 8.41. The summed E-state index contributed by atoms with van der Waals surface area (Å²) in [5.41, 5.74) is 1.61. The maximum Gasteiger partial charge on any atom is 0.0465 e. The summed E-state index contributed by atoms with van der Waals surface area (Å²) in [5, 5.41) is 3.74. The minimum atomic E-state index is 0.505. The van der Waals surface area contributed by atoms with Crippen molar-refractivity contribution in [1.82, 2.24) is 5.32 Å². The molecule has 0 spiro atoms. The smallest absolute Gasteiger partial charge is 0.0465 e. The minimum Gasteiger partial charge on any atom is -0.385 e. The maximum absolute atomic E-state index is 5.24. The molecule has 0 bridgehead atoms. The number of hydrogen-bond donors (Lipinski definition) is 1. The number of nitrogens with one attached hydrogen (secondary N) is 1. The molecule has 0 fully saturated rings. The standard InChI is InChI=1S/C16H27NOS/c1-4-9-17-16(12(2)8-10-18-3)15-11-13-6-5-7-14(13)19-15/h11-12,16-17H,4-10H2,1-3H3. The fourth-order valence-corrected chi connectivity index (χ4v) is 4.32. The second kappa shape index (κ2) is 7.41. The Labute approximate surface area is 121 Å². The van der Waals surface area contributed by atoms with E-state index in [1.165, 1.54) is 25.7 Å². The van der Waals surface area contributed by atoms with Gasteiger partial charge in [-0.15, -0.1) is 11.3 Å². The van der Waals surface area contributed by atoms with E-state index in [0.717, 1.165) is 19.6 Å². The summed E-state index contributed by atoms with van der Waals surface area (Å²) in [7, 11) is 1.79. The molecule has 0 aliphatic heterocycles. The van der Waals surface area contributed by atoms with Gasteiger partial charge in [0.05, 0.1) is 0 Å². The van der Waals surface area contributed by atoms with Crippen LogP contribution >= 0.6 is 11.3 Å². The molecule has 0 amide bonds. The summed E-state index contributed by atoms with van der Waals surface area (Å²) in [6, 6.07) is 2.97. The van der Waals surface area contributed by atoms with E-state index < -0.39 is 0 Å². The molecule has 0 radical (unpaired) electrons. The third-order valence-electron chi connectivity index (χ3n) is 4.03. The quantitative estimate of drug-likeness (QED) is 0.779. The maximum atomic E-state index is 5.24. The van der Waals surface area contributed by atoms with Crippen molar-refractivity contribution in [2.75, 3.05) is 20.3 Å². The van der Waals surface area contributed by atoms with Gasteiger partial charge in [0.2, 0.25) is 0 Å². The van der Waals surface area contributed by atoms with Gasteiger partial charge in [-0.2, -0.15) is 0 Å². The van der Waals surface area contributed by atoms with Crippen LogP contribution in [0.3, 0.4) is 0 Å². The number of fused-ring (bicyclic) bond motifs is 1. The van der Waals surface area contributed by atoms with Gasteiger partial charge in [0.1, 0.15) is 0 Å². The van der Waals surface area contributed by atoms with Gasteiger partial charge in [-0.05, 0) is 56.2 Å². The highest BCUT2D eigenvalue weighted by atomic mass is 32.1. The van der Waals surface area contributed by atoms with E-state index in [1.54, 1.807) is 22.4 Å². The molecule has 2 unspecified atom stereocenters. The summed E-state index contributed by atoms with van der Waals surface area (Å²) in [6.45, 7) is 6.54. The van der Waals surface area contributed by atoms with Crippen LogP contribution in [0.1, 0.15) is 54.5 Å². The molecule has 2 rings (SSSR count). The summed E-state index contributed by atoms with van der Waals surface area (Å²) in [5.74, 6) is 0.630. The van der Waals surface area contributed by atoms with Crippen LogP contribution in [0.4, 0.5) is 0 Å². The van der Waals surface area contributed by atoms with Gasteiger partial charge < -0.3 is 10.1 Å². The van der Waals surface area contributed by atoms with Gasteiger partial charge in [-0.1, -0.05) is 13.8 Å². The Morgan fingerprint density at radius 3 is 2.95 bits per heavy atom. The summed E-state index contributed by atoms with van der Waals surface area (Å²) < 4.78 is 5.24. The zero-order valence-corrected chi connectivity index (χ0v) is 13.3. The number of hydrogen-bond acceptors (Lipinski definition) is 3. The highest BCUT2D eigenvalue weighted by molar-refractivity contribution is 7.12. The lowest BCUT2D eigenvalue weighted by Crippen LogP contribution is -2.27. The largest absolute Gasteiger partial charge is 0.385 e. The van der Waals surface area contributed by atoms with Crippen molar-refractivity contribution in [3.63, 3.8) is 0 Å². The van der Waals surface area contributed by atoms with Crippen LogP contribution in [0, 0.1) is 5.92 Å². The number of methoxy groups -OCH3 is 1. The Hall–Kier alpha value is -0.380. The molecule has 0 aromatic carbocycles. The van der Waals surface area contributed by atoms with Crippen molar-refractivity contribution in [3.8, 4) is 0 Å². The van der Waals surface area contributed by atoms with Gasteiger partial charge in [0.25, 0.3) is 0 Å². The Kier molecular flexibility index (Phi) is 5.86. The molecule has 108 valence electrons. The van der Waals surface area contributed by atoms with Gasteiger partial charge in [0, 0.05) is 29.5 Å². The van der Waals surface area contributed by atoms with E-state index >= 15 is 0 Å². The van der Waals surface area contributed by atoms with Crippen molar-refractivity contribution in [2.24, 2.45) is 5.92 Å². The molecule has 2 atom stereocenters. The van der Waals surface area contributed by atoms with E-state index in [2.05, 4.69) is 25.2 Å². The van der Waals surface area contributed by atoms with Gasteiger partial charge in [-0.25, -0.2) is 0 Å². The molecule has 0 saturated heterocycles. The second-order valence-corrected chi connectivity index (χ2v) is 6.81. The minimum absolute atomic E-state index is 0.505. The Balaban J connectivity index is 2.06. The van der Waals surface area contributed by atoms with Crippen molar-refractivity contribution in [2.45, 2.75) is 52.0 Å². The topological polar surface area (TPSA) is 21.3 Å². The van der Waals surface area contributed by atoms with E-state index in [9.17, 15) is 0 Å². The fourth-order valence-electron chi connectivity index (χ4n) is 2.86. The first-order valence-electron chi connectivity index (χ1n) is 7.60. The molecule has 3 heteroatoms. The van der Waals surface area contributed by atoms with Crippen molar-refractivity contribution in [3.05, 3.63) is 21.4 Å². The van der Waals surface area contributed by atoms with Gasteiger partial charge in [-0.3, -0.25) is 0 Å². The molecule has 1 N–H and O–H groups in total. The van der Waals surface area contributed by atoms with Crippen LogP contribution in [-0.2, 0) is 17.6 Å². The molecular weight excluding hydrogens is 254 g/mol. The van der Waals surface area contributed by atoms with Crippen LogP contribution in [0.2, 0.25) is 0 Å². The van der Waals surface area contributed by atoms with Crippen LogP contribution in [-0.4, -0.2) is 20.3 Å². The fraction of sp³-hybridized carbons (Fsp3) is 0.750. The molecule has 2 nitrogen and oxygen atoms in total. The molecule has 1 heterocycles. The van der Waals surface area contributed by atoms with Gasteiger partial charge in [0.15, 0.2) is 0 Å². The van der Waals surface area contributed by atoms with Crippen LogP contribution in [0.5, 0.6) is 0 Å². The van der Waals surface area contributed by atoms with E-state index in [1.807, 2.05) is 11.3 Å². The monoisotopic (exact) mass is 281 g/mol. The summed E-state index contributed by atoms with van der Waals surface area (Å²) >= 11 is 2.04. The molecule has 19 heavy (non-hydrogen) atoms. The van der Waals surface area contributed by atoms with Crippen LogP contribution in [0.15, 0.2) is 6.07 Å². The van der Waals surface area contributed by atoms with Crippen LogP contribution < -0.4 is 5.32 Å². The molecule has 0 saturated carbocycles. The first-order chi connectivity index (χ1) is 9.26. The Bertz CT molecular complexity index is 367. The Morgan fingerprint density at radius 2 is 2.26 bits per heavy atom. The second-order valence-electron chi connectivity index (χ2n) is 5.64. The lowest BCUT2D eigenvalue weighted by Gasteiger charge is -2.24. The average molecular weight is 281 g/mol. The normalized spacial score (nSPS) is 17.4. The predicted octanol–water partition coefficient (Wildman–Crippen LogP) is 3.95. The van der Waals surface area contributed by atoms with Crippen LogP contribution in [0.25, 0.3) is 0 Å². The SMILES string of the molecule is CCCNC(c1cc2c(s1)CCC2)C(C)CCOC. The van der Waals surface area contributed by atoms with Crippen molar-refractivity contribution in [1.29, 1.82) is 0 Å². The first kappa shape index (κ1) is 15.0. The molecule has 1 aliphatic carbocycles. The predicted molar refractivity (Wildman–Crippen MR) is 83.0 cm³/mol. The van der Waals surface area contributed by atoms with Crippen molar-refractivity contribution >= 4 is 11.3 Å². The zero-order valence-electron chi connectivity index (χ0n) is 12.5. The van der Waals surface area contributed by atoms with E-state index in [-0.39, 0.29) is 0 Å². The highest BCUT2D eigenvalue weighted by Gasteiger charge is 2.23. The average Bonchev–Trinajstić information content (AvgIpc) is 2.97. The lowest BCUT2D eigenvalue weighted by atomic mass is 9.96. The third-order valence-corrected chi connectivity index (χ3v) is 5.35. The molecular formula is C16H27NOS. The summed E-state index contributed by atoms with van der Waals surface area (Å²) in [6.07, 6.45) is 6.26.